The lowest BCUT2D eigenvalue weighted by Crippen LogP contribution is -2.76. The Balaban J connectivity index is 1.57. The van der Waals surface area contributed by atoms with E-state index < -0.39 is 12.2 Å². The lowest BCUT2D eigenvalue weighted by molar-refractivity contribution is -0.186. The molecule has 36 heavy (non-hydrogen) atoms. The summed E-state index contributed by atoms with van der Waals surface area (Å²) in [7, 11) is 3.35. The number of ether oxygens (including phenoxy) is 1. The van der Waals surface area contributed by atoms with Crippen LogP contribution in [-0.2, 0) is 22.6 Å². The molecule has 2 atom stereocenters. The predicted molar refractivity (Wildman–Crippen MR) is 136 cm³/mol. The Bertz CT molecular complexity index is 1060. The SMILES string of the molecule is CCCCN1C[C@H]2N(C(=O)CN(C)N2C(=O)NCc2ccc(OC)cc2)[C@@H](Cc2ccccc2)C1=O. The number of benzene rings is 2. The number of hydrazine groups is 1. The lowest BCUT2D eigenvalue weighted by Gasteiger charge is -2.54. The van der Waals surface area contributed by atoms with Crippen molar-refractivity contribution in [1.29, 1.82) is 0 Å². The Morgan fingerprint density at radius 2 is 1.78 bits per heavy atom. The Morgan fingerprint density at radius 3 is 2.44 bits per heavy atom. The number of nitrogens with zero attached hydrogens (tertiary/aromatic N) is 4. The van der Waals surface area contributed by atoms with Gasteiger partial charge in [-0.15, -0.1) is 0 Å². The van der Waals surface area contributed by atoms with Crippen LogP contribution in [0.15, 0.2) is 54.6 Å². The molecule has 192 valence electrons. The zero-order chi connectivity index (χ0) is 25.7. The van der Waals surface area contributed by atoms with E-state index in [2.05, 4.69) is 12.2 Å². The molecule has 2 aliphatic rings. The number of fused-ring (bicyclic) bond motifs is 1. The van der Waals surface area contributed by atoms with Crippen LogP contribution in [0.2, 0.25) is 0 Å². The molecule has 0 unspecified atom stereocenters. The zero-order valence-corrected chi connectivity index (χ0v) is 21.2. The lowest BCUT2D eigenvalue weighted by atomic mass is 9.98. The largest absolute Gasteiger partial charge is 0.497 e. The minimum Gasteiger partial charge on any atom is -0.497 e. The molecular formula is C27H35N5O4. The van der Waals surface area contributed by atoms with Crippen LogP contribution in [0.5, 0.6) is 5.75 Å². The van der Waals surface area contributed by atoms with E-state index in [1.54, 1.807) is 29.1 Å². The molecule has 1 N–H and O–H groups in total. The molecule has 0 bridgehead atoms. The highest BCUT2D eigenvalue weighted by Gasteiger charge is 2.50. The highest BCUT2D eigenvalue weighted by Crippen LogP contribution is 2.28. The predicted octanol–water partition coefficient (Wildman–Crippen LogP) is 2.48. The third-order valence-electron chi connectivity index (χ3n) is 6.80. The number of hydrogen-bond donors (Lipinski definition) is 1. The van der Waals surface area contributed by atoms with Crippen molar-refractivity contribution in [2.75, 3.05) is 33.8 Å². The highest BCUT2D eigenvalue weighted by atomic mass is 16.5. The van der Waals surface area contributed by atoms with Gasteiger partial charge in [0, 0.05) is 26.6 Å². The van der Waals surface area contributed by atoms with Crippen LogP contribution in [0.4, 0.5) is 4.79 Å². The van der Waals surface area contributed by atoms with Gasteiger partial charge in [-0.2, -0.15) is 0 Å². The number of carbonyl (C=O) groups is 3. The van der Waals surface area contributed by atoms with Gasteiger partial charge in [-0.3, -0.25) is 9.59 Å². The fraction of sp³-hybridized carbons (Fsp3) is 0.444. The van der Waals surface area contributed by atoms with Gasteiger partial charge < -0.3 is 19.9 Å². The Hall–Kier alpha value is -3.59. The summed E-state index contributed by atoms with van der Waals surface area (Å²) < 4.78 is 5.20. The van der Waals surface area contributed by atoms with Gasteiger partial charge in [-0.1, -0.05) is 55.8 Å². The van der Waals surface area contributed by atoms with Gasteiger partial charge >= 0.3 is 6.03 Å². The van der Waals surface area contributed by atoms with Crippen LogP contribution >= 0.6 is 0 Å². The summed E-state index contributed by atoms with van der Waals surface area (Å²) >= 11 is 0. The Labute approximate surface area is 212 Å². The number of hydrogen-bond acceptors (Lipinski definition) is 5. The minimum absolute atomic E-state index is 0.0278. The number of piperazine rings is 1. The normalized spacial score (nSPS) is 20.4. The molecule has 0 saturated carbocycles. The highest BCUT2D eigenvalue weighted by molar-refractivity contribution is 5.91. The van der Waals surface area contributed by atoms with Crippen molar-refractivity contribution in [2.45, 2.75) is 44.9 Å². The molecule has 2 heterocycles. The van der Waals surface area contributed by atoms with Gasteiger partial charge in [0.25, 0.3) is 0 Å². The first-order valence-corrected chi connectivity index (χ1v) is 12.5. The summed E-state index contributed by atoms with van der Waals surface area (Å²) in [5.41, 5.74) is 1.91. The van der Waals surface area contributed by atoms with Gasteiger partial charge in [0.05, 0.1) is 20.2 Å². The third kappa shape index (κ3) is 5.46. The number of likely N-dealkylation sites (N-methyl/N-ethyl adjacent to an activating group) is 1. The molecule has 0 aromatic heterocycles. The fourth-order valence-corrected chi connectivity index (χ4v) is 4.89. The summed E-state index contributed by atoms with van der Waals surface area (Å²) in [6.45, 7) is 3.33. The monoisotopic (exact) mass is 493 g/mol. The van der Waals surface area contributed by atoms with Crippen molar-refractivity contribution in [3.63, 3.8) is 0 Å². The first kappa shape index (κ1) is 25.5. The minimum atomic E-state index is -0.652. The maximum Gasteiger partial charge on any atom is 0.334 e. The zero-order valence-electron chi connectivity index (χ0n) is 21.2. The average molecular weight is 494 g/mol. The van der Waals surface area contributed by atoms with Crippen molar-refractivity contribution >= 4 is 17.8 Å². The molecule has 2 aromatic carbocycles. The molecule has 9 heteroatoms. The van der Waals surface area contributed by atoms with Crippen LogP contribution in [-0.4, -0.2) is 83.7 Å². The van der Waals surface area contributed by atoms with Crippen LogP contribution in [0, 0.1) is 0 Å². The third-order valence-corrected chi connectivity index (χ3v) is 6.80. The standard InChI is InChI=1S/C27H35N5O4/c1-4-5-15-30-18-24-31(23(26(30)34)16-20-9-7-6-8-10-20)25(33)19-29(2)32(24)27(35)28-17-21-11-13-22(36-3)14-12-21/h6-14,23-24H,4-5,15-19H2,1-3H3,(H,28,35)/t23-,24-/m0/s1. The van der Waals surface area contributed by atoms with Gasteiger partial charge in [0.15, 0.2) is 0 Å². The molecule has 9 nitrogen and oxygen atoms in total. The Morgan fingerprint density at radius 1 is 1.06 bits per heavy atom. The summed E-state index contributed by atoms with van der Waals surface area (Å²) in [5.74, 6) is 0.546. The maximum absolute atomic E-state index is 13.5. The van der Waals surface area contributed by atoms with Crippen LogP contribution in [0.3, 0.4) is 0 Å². The molecule has 0 radical (unpaired) electrons. The molecule has 2 fully saturated rings. The van der Waals surface area contributed by atoms with E-state index >= 15 is 0 Å². The van der Waals surface area contributed by atoms with Crippen molar-refractivity contribution < 1.29 is 19.1 Å². The quantitative estimate of drug-likeness (QED) is 0.611. The van der Waals surface area contributed by atoms with Crippen molar-refractivity contribution in [3.8, 4) is 5.75 Å². The first-order chi connectivity index (χ1) is 17.4. The van der Waals surface area contributed by atoms with E-state index in [1.807, 2.05) is 59.5 Å². The van der Waals surface area contributed by atoms with Crippen LogP contribution in [0.1, 0.15) is 30.9 Å². The smallest absolute Gasteiger partial charge is 0.334 e. The van der Waals surface area contributed by atoms with E-state index in [0.29, 0.717) is 19.5 Å². The molecular weight excluding hydrogens is 458 g/mol. The molecule has 4 rings (SSSR count). The number of rotatable bonds is 8. The van der Waals surface area contributed by atoms with E-state index in [1.165, 1.54) is 0 Å². The topological polar surface area (TPSA) is 85.4 Å². The molecule has 2 aliphatic heterocycles. The summed E-state index contributed by atoms with van der Waals surface area (Å²) in [6.07, 6.45) is 1.65. The second kappa shape index (κ2) is 11.4. The van der Waals surface area contributed by atoms with Gasteiger partial charge in [0.1, 0.15) is 18.0 Å². The average Bonchev–Trinajstić information content (AvgIpc) is 2.88. The number of carbonyl (C=O) groups excluding carboxylic acids is 3. The van der Waals surface area contributed by atoms with E-state index in [9.17, 15) is 14.4 Å². The van der Waals surface area contributed by atoms with Gasteiger partial charge in [-0.05, 0) is 29.7 Å². The number of amides is 4. The number of methoxy groups -OCH3 is 1. The molecule has 4 amide bonds. The van der Waals surface area contributed by atoms with Gasteiger partial charge in [-0.25, -0.2) is 14.8 Å². The van der Waals surface area contributed by atoms with E-state index in [4.69, 9.17) is 4.74 Å². The number of nitrogens with one attached hydrogen (secondary N) is 1. The second-order valence-corrected chi connectivity index (χ2v) is 9.29. The van der Waals surface area contributed by atoms with E-state index in [0.717, 1.165) is 29.7 Å². The second-order valence-electron chi connectivity index (χ2n) is 9.29. The van der Waals surface area contributed by atoms with E-state index in [-0.39, 0.29) is 30.9 Å². The summed E-state index contributed by atoms with van der Waals surface area (Å²) in [5, 5.41) is 6.23. The van der Waals surface area contributed by atoms with Crippen LogP contribution in [0.25, 0.3) is 0 Å². The number of urea groups is 1. The Kier molecular flexibility index (Phi) is 8.10. The molecule has 2 saturated heterocycles. The fourth-order valence-electron chi connectivity index (χ4n) is 4.89. The van der Waals surface area contributed by atoms with Crippen molar-refractivity contribution in [3.05, 3.63) is 65.7 Å². The number of unbranched alkanes of at least 4 members (excludes halogenated alkanes) is 1. The first-order valence-electron chi connectivity index (χ1n) is 12.5. The molecule has 2 aromatic rings. The van der Waals surface area contributed by atoms with Crippen LogP contribution < -0.4 is 10.1 Å². The van der Waals surface area contributed by atoms with Crippen molar-refractivity contribution in [2.24, 2.45) is 0 Å². The molecule has 0 spiro atoms. The molecule has 0 aliphatic carbocycles. The summed E-state index contributed by atoms with van der Waals surface area (Å²) in [4.78, 5) is 43.7. The van der Waals surface area contributed by atoms with Gasteiger partial charge in [0.2, 0.25) is 11.8 Å². The maximum atomic E-state index is 13.5. The van der Waals surface area contributed by atoms with Crippen molar-refractivity contribution in [1.82, 2.24) is 25.1 Å². The summed E-state index contributed by atoms with van der Waals surface area (Å²) in [6, 6.07) is 16.3.